The molecule has 1 aliphatic heterocycles. The summed E-state index contributed by atoms with van der Waals surface area (Å²) in [6.07, 6.45) is -3.34. The van der Waals surface area contributed by atoms with Crippen molar-refractivity contribution in [3.63, 3.8) is 0 Å². The van der Waals surface area contributed by atoms with Gasteiger partial charge in [-0.05, 0) is 30.5 Å². The van der Waals surface area contributed by atoms with Crippen LogP contribution < -0.4 is 9.64 Å². The van der Waals surface area contributed by atoms with E-state index in [0.717, 1.165) is 12.1 Å². The summed E-state index contributed by atoms with van der Waals surface area (Å²) in [5.41, 5.74) is -1.12. The molecule has 0 bridgehead atoms. The molecule has 3 rings (SSSR count). The van der Waals surface area contributed by atoms with Crippen LogP contribution in [0.5, 0.6) is 5.75 Å². The number of nitrogens with one attached hydrogen (secondary N) is 1. The molecular formula is C18H21F3NO3+. The van der Waals surface area contributed by atoms with Crippen LogP contribution in [0.2, 0.25) is 0 Å². The van der Waals surface area contributed by atoms with Gasteiger partial charge >= 0.3 is 12.1 Å². The summed E-state index contributed by atoms with van der Waals surface area (Å²) in [6.45, 7) is 4.04. The number of hydrogen-bond donors (Lipinski definition) is 1. The van der Waals surface area contributed by atoms with Crippen molar-refractivity contribution in [2.75, 3.05) is 6.73 Å². The van der Waals surface area contributed by atoms with Crippen molar-refractivity contribution in [3.8, 4) is 5.75 Å². The monoisotopic (exact) mass is 356 g/mol. The molecule has 1 aromatic rings. The third-order valence-electron chi connectivity index (χ3n) is 5.43. The molecule has 1 heterocycles. The van der Waals surface area contributed by atoms with Gasteiger partial charge in [-0.2, -0.15) is 13.2 Å². The Kier molecular flexibility index (Phi) is 4.39. The molecule has 0 saturated heterocycles. The maximum atomic E-state index is 13.1. The Labute approximate surface area is 143 Å². The summed E-state index contributed by atoms with van der Waals surface area (Å²) >= 11 is 0. The Morgan fingerprint density at radius 3 is 2.60 bits per heavy atom. The highest BCUT2D eigenvalue weighted by molar-refractivity contribution is 5.90. The molecule has 2 atom stereocenters. The number of halogens is 3. The number of fused-ring (bicyclic) bond motifs is 1. The fourth-order valence-corrected chi connectivity index (χ4v) is 3.82. The van der Waals surface area contributed by atoms with E-state index < -0.39 is 17.2 Å². The first kappa shape index (κ1) is 17.9. The third-order valence-corrected chi connectivity index (χ3v) is 5.43. The van der Waals surface area contributed by atoms with Crippen molar-refractivity contribution < 1.29 is 32.4 Å². The lowest BCUT2D eigenvalue weighted by Gasteiger charge is -2.34. The fourth-order valence-electron chi connectivity index (χ4n) is 3.82. The maximum absolute atomic E-state index is 13.1. The second kappa shape index (κ2) is 6.12. The fraction of sp³-hybridized carbons (Fsp3) is 0.556. The van der Waals surface area contributed by atoms with Crippen LogP contribution in [0.25, 0.3) is 0 Å². The van der Waals surface area contributed by atoms with E-state index in [1.165, 1.54) is 6.07 Å². The lowest BCUT2D eigenvalue weighted by molar-refractivity contribution is -0.860. The van der Waals surface area contributed by atoms with E-state index in [-0.39, 0.29) is 37.3 Å². The minimum absolute atomic E-state index is 0.0122. The molecule has 7 heteroatoms. The molecule has 2 aliphatic rings. The van der Waals surface area contributed by atoms with Crippen molar-refractivity contribution in [2.24, 2.45) is 11.3 Å². The van der Waals surface area contributed by atoms with Gasteiger partial charge in [-0.1, -0.05) is 13.8 Å². The van der Waals surface area contributed by atoms with Crippen LogP contribution in [0.1, 0.15) is 44.2 Å². The van der Waals surface area contributed by atoms with Crippen LogP contribution in [0.3, 0.4) is 0 Å². The quantitative estimate of drug-likeness (QED) is 0.885. The Balaban J connectivity index is 1.86. The molecule has 2 unspecified atom stereocenters. The van der Waals surface area contributed by atoms with E-state index in [9.17, 15) is 22.8 Å². The number of alkyl halides is 3. The first-order chi connectivity index (χ1) is 11.6. The first-order valence-corrected chi connectivity index (χ1v) is 8.37. The maximum Gasteiger partial charge on any atom is 0.416 e. The van der Waals surface area contributed by atoms with E-state index in [0.29, 0.717) is 29.1 Å². The van der Waals surface area contributed by atoms with Crippen molar-refractivity contribution in [3.05, 3.63) is 29.3 Å². The van der Waals surface area contributed by atoms with Gasteiger partial charge in [0.2, 0.25) is 6.73 Å². The Morgan fingerprint density at radius 1 is 1.32 bits per heavy atom. The van der Waals surface area contributed by atoms with Crippen LogP contribution in [-0.4, -0.2) is 18.4 Å². The zero-order valence-electron chi connectivity index (χ0n) is 14.2. The second-order valence-corrected chi connectivity index (χ2v) is 7.24. The molecule has 136 valence electrons. The standard InChI is InChI=1S/C18H20F3NO3/c1-11(2)17(6-5-14(23)8-17)16(24)22-9-12-7-13(18(19,20)21)3-4-15(12)25-10-22/h3-4,7,11H,5-6,8-10H2,1-2H3/p+1. The SMILES string of the molecule is CC(C)C1(C(=O)[NH+]2COc3ccc(C(F)(F)F)cc3C2)CCC(=O)C1. The molecule has 1 aliphatic carbocycles. The highest BCUT2D eigenvalue weighted by atomic mass is 19.4. The average molecular weight is 356 g/mol. The summed E-state index contributed by atoms with van der Waals surface area (Å²) in [7, 11) is 0. The molecule has 1 saturated carbocycles. The zero-order valence-corrected chi connectivity index (χ0v) is 14.2. The largest absolute Gasteiger partial charge is 0.444 e. The zero-order chi connectivity index (χ0) is 18.4. The van der Waals surface area contributed by atoms with Crippen molar-refractivity contribution in [1.82, 2.24) is 0 Å². The Bertz CT molecular complexity index is 714. The minimum atomic E-state index is -4.44. The third kappa shape index (κ3) is 3.17. The predicted octanol–water partition coefficient (Wildman–Crippen LogP) is 2.36. The summed E-state index contributed by atoms with van der Waals surface area (Å²) < 4.78 is 44.3. The van der Waals surface area contributed by atoms with Crippen LogP contribution in [0.15, 0.2) is 18.2 Å². The predicted molar refractivity (Wildman–Crippen MR) is 82.7 cm³/mol. The van der Waals surface area contributed by atoms with Crippen LogP contribution in [0, 0.1) is 11.3 Å². The lowest BCUT2D eigenvalue weighted by atomic mass is 9.74. The number of rotatable bonds is 2. The van der Waals surface area contributed by atoms with Crippen LogP contribution in [0.4, 0.5) is 13.2 Å². The second-order valence-electron chi connectivity index (χ2n) is 7.24. The minimum Gasteiger partial charge on any atom is -0.444 e. The number of carbonyl (C=O) groups is 2. The van der Waals surface area contributed by atoms with Gasteiger partial charge in [0.05, 0.1) is 11.0 Å². The normalized spacial score (nSPS) is 26.5. The van der Waals surface area contributed by atoms with Gasteiger partial charge in [0.1, 0.15) is 18.1 Å². The first-order valence-electron chi connectivity index (χ1n) is 8.37. The van der Waals surface area contributed by atoms with E-state index in [1.54, 1.807) is 0 Å². The molecule has 0 aromatic heterocycles. The number of quaternary nitrogens is 1. The molecule has 1 N–H and O–H groups in total. The van der Waals surface area contributed by atoms with Gasteiger partial charge in [-0.25, -0.2) is 9.69 Å². The summed E-state index contributed by atoms with van der Waals surface area (Å²) in [5.74, 6) is 0.308. The number of ketones is 1. The van der Waals surface area contributed by atoms with Gasteiger partial charge in [-0.3, -0.25) is 4.79 Å². The van der Waals surface area contributed by atoms with E-state index in [1.807, 2.05) is 13.8 Å². The highest BCUT2D eigenvalue weighted by Crippen LogP contribution is 2.42. The molecule has 1 amide bonds. The summed E-state index contributed by atoms with van der Waals surface area (Å²) in [6, 6.07) is 3.33. The number of benzene rings is 1. The molecule has 0 spiro atoms. The summed E-state index contributed by atoms with van der Waals surface area (Å²) in [4.78, 5) is 25.3. The average Bonchev–Trinajstić information content (AvgIpc) is 2.95. The summed E-state index contributed by atoms with van der Waals surface area (Å²) in [5, 5.41) is 0. The number of ether oxygens (including phenoxy) is 1. The molecular weight excluding hydrogens is 335 g/mol. The van der Waals surface area contributed by atoms with Crippen molar-refractivity contribution >= 4 is 11.7 Å². The van der Waals surface area contributed by atoms with E-state index in [2.05, 4.69) is 0 Å². The molecule has 25 heavy (non-hydrogen) atoms. The van der Waals surface area contributed by atoms with Gasteiger partial charge in [-0.15, -0.1) is 0 Å². The number of carbonyl (C=O) groups excluding carboxylic acids is 2. The number of Topliss-reactive ketones (excluding diaryl/α,β-unsaturated/α-hetero) is 1. The molecule has 1 aromatic carbocycles. The molecule has 4 nitrogen and oxygen atoms in total. The van der Waals surface area contributed by atoms with Gasteiger partial charge in [0.15, 0.2) is 0 Å². The number of hydrogen-bond acceptors (Lipinski definition) is 3. The van der Waals surface area contributed by atoms with Gasteiger partial charge in [0, 0.05) is 18.4 Å². The molecule has 0 radical (unpaired) electrons. The van der Waals surface area contributed by atoms with Crippen molar-refractivity contribution in [1.29, 1.82) is 0 Å². The Morgan fingerprint density at radius 2 is 2.04 bits per heavy atom. The van der Waals surface area contributed by atoms with Crippen LogP contribution in [-0.2, 0) is 22.3 Å². The van der Waals surface area contributed by atoms with Crippen molar-refractivity contribution in [2.45, 2.75) is 45.8 Å². The molecule has 1 fully saturated rings. The van der Waals surface area contributed by atoms with Gasteiger partial charge < -0.3 is 4.74 Å². The smallest absolute Gasteiger partial charge is 0.416 e. The van der Waals surface area contributed by atoms with E-state index in [4.69, 9.17) is 4.74 Å². The number of amides is 1. The highest BCUT2D eigenvalue weighted by Gasteiger charge is 2.52. The Hall–Kier alpha value is -1.89. The van der Waals surface area contributed by atoms with E-state index >= 15 is 0 Å². The lowest BCUT2D eigenvalue weighted by Crippen LogP contribution is -3.16. The van der Waals surface area contributed by atoms with Crippen LogP contribution >= 0.6 is 0 Å². The topological polar surface area (TPSA) is 47.8 Å². The van der Waals surface area contributed by atoms with Gasteiger partial charge in [0.25, 0.3) is 0 Å².